The smallest absolute Gasteiger partial charge is 0.231 e. The van der Waals surface area contributed by atoms with Crippen LogP contribution >= 0.6 is 0 Å². The van der Waals surface area contributed by atoms with Gasteiger partial charge in [-0.3, -0.25) is 14.6 Å². The molecule has 1 unspecified atom stereocenters. The number of aliphatic hydroxyl groups excluding tert-OH is 1. The van der Waals surface area contributed by atoms with Crippen molar-refractivity contribution >= 4 is 23.4 Å². The normalized spacial score (nSPS) is 15.9. The van der Waals surface area contributed by atoms with E-state index in [-0.39, 0.29) is 25.1 Å². The van der Waals surface area contributed by atoms with Crippen molar-refractivity contribution in [1.82, 2.24) is 24.8 Å². The number of aromatic nitrogens is 3. The van der Waals surface area contributed by atoms with Gasteiger partial charge in [0.15, 0.2) is 0 Å². The highest BCUT2D eigenvalue weighted by Crippen LogP contribution is 2.23. The molecular formula is C29H37N9O2. The van der Waals surface area contributed by atoms with Gasteiger partial charge in [0.2, 0.25) is 11.9 Å². The first-order valence-corrected chi connectivity index (χ1v) is 13.6. The van der Waals surface area contributed by atoms with E-state index in [9.17, 15) is 9.90 Å². The van der Waals surface area contributed by atoms with Crippen LogP contribution in [0, 0.1) is 11.3 Å². The van der Waals surface area contributed by atoms with E-state index in [1.165, 1.54) is 0 Å². The molecule has 0 saturated carbocycles. The molecule has 1 aromatic carbocycles. The Morgan fingerprint density at radius 2 is 2.10 bits per heavy atom. The van der Waals surface area contributed by atoms with E-state index in [4.69, 9.17) is 16.0 Å². The molecule has 0 spiro atoms. The van der Waals surface area contributed by atoms with Crippen molar-refractivity contribution in [3.8, 4) is 17.3 Å². The molecule has 4 N–H and O–H groups in total. The highest BCUT2D eigenvalue weighted by atomic mass is 16.3. The maximum absolute atomic E-state index is 11.3. The number of carbonyl (C=O) groups excluding carboxylic acids is 1. The van der Waals surface area contributed by atoms with Crippen LogP contribution in [0.1, 0.15) is 25.3 Å². The first-order chi connectivity index (χ1) is 19.5. The van der Waals surface area contributed by atoms with Gasteiger partial charge >= 0.3 is 0 Å². The molecule has 2 aromatic heterocycles. The van der Waals surface area contributed by atoms with Crippen molar-refractivity contribution in [2.24, 2.45) is 5.73 Å². The lowest BCUT2D eigenvalue weighted by Gasteiger charge is -2.40. The second-order valence-electron chi connectivity index (χ2n) is 9.90. The monoisotopic (exact) mass is 543 g/mol. The molecule has 1 aliphatic heterocycles. The molecule has 0 radical (unpaired) electrons. The maximum Gasteiger partial charge on any atom is 0.231 e. The van der Waals surface area contributed by atoms with Crippen LogP contribution in [0.3, 0.4) is 0 Å². The lowest BCUT2D eigenvalue weighted by atomic mass is 10.1. The summed E-state index contributed by atoms with van der Waals surface area (Å²) >= 11 is 0. The van der Waals surface area contributed by atoms with Crippen LogP contribution < -0.4 is 16.0 Å². The zero-order valence-corrected chi connectivity index (χ0v) is 22.9. The average Bonchev–Trinajstić information content (AvgIpc) is 2.96. The Hall–Kier alpha value is -4.11. The Kier molecular flexibility index (Phi) is 10.3. The molecule has 40 heavy (non-hydrogen) atoms. The summed E-state index contributed by atoms with van der Waals surface area (Å²) < 4.78 is 0. The minimum atomic E-state index is -0.353. The summed E-state index contributed by atoms with van der Waals surface area (Å²) in [4.78, 5) is 31.3. The van der Waals surface area contributed by atoms with Crippen molar-refractivity contribution in [1.29, 1.82) is 5.26 Å². The van der Waals surface area contributed by atoms with Crippen LogP contribution in [0.25, 0.3) is 11.3 Å². The van der Waals surface area contributed by atoms with E-state index in [0.717, 1.165) is 54.4 Å². The molecule has 1 atom stereocenters. The minimum absolute atomic E-state index is 0.0141. The van der Waals surface area contributed by atoms with Gasteiger partial charge < -0.3 is 21.1 Å². The summed E-state index contributed by atoms with van der Waals surface area (Å²) in [5.41, 5.74) is 8.94. The molecule has 3 aromatic rings. The number of carbonyl (C=O) groups is 1. The van der Waals surface area contributed by atoms with Crippen LogP contribution in [0.2, 0.25) is 0 Å². The lowest BCUT2D eigenvalue weighted by molar-refractivity contribution is -0.120. The summed E-state index contributed by atoms with van der Waals surface area (Å²) in [5.74, 6) is 0.977. The molecule has 1 saturated heterocycles. The standard InChI is InChI=1S/C29H37N9O2/c1-2-12-37(13-4-10-30)28-8-7-23(17-33-28)26-9-11-32-29(35-26)34-24-6-3-5-22(16-24)18-38-15-14-36(20-27(31)40)19-25(38)21-39/h3,5-9,11,16-17,25,39H,2,4,12-15,18-21H2,1H3,(H2,31,40)(H,32,34,35). The molecule has 3 heterocycles. The maximum atomic E-state index is 11.3. The van der Waals surface area contributed by atoms with Gasteiger partial charge in [0, 0.05) is 69.0 Å². The van der Waals surface area contributed by atoms with Crippen LogP contribution in [0.4, 0.5) is 17.5 Å². The number of nitrogens with zero attached hydrogens (tertiary/aromatic N) is 7. The number of benzene rings is 1. The number of hydrogen-bond donors (Lipinski definition) is 3. The Morgan fingerprint density at radius 1 is 1.23 bits per heavy atom. The molecule has 11 heteroatoms. The van der Waals surface area contributed by atoms with Crippen LogP contribution in [0.5, 0.6) is 0 Å². The average molecular weight is 544 g/mol. The van der Waals surface area contributed by atoms with E-state index in [1.807, 2.05) is 35.2 Å². The highest BCUT2D eigenvalue weighted by molar-refractivity contribution is 5.75. The van der Waals surface area contributed by atoms with E-state index in [0.29, 0.717) is 32.0 Å². The number of anilines is 3. The predicted octanol–water partition coefficient (Wildman–Crippen LogP) is 2.38. The number of piperazine rings is 1. The van der Waals surface area contributed by atoms with Gasteiger partial charge in [-0.05, 0) is 42.3 Å². The molecule has 4 rings (SSSR count). The number of amides is 1. The molecule has 0 bridgehead atoms. The van der Waals surface area contributed by atoms with Crippen LogP contribution in [-0.2, 0) is 11.3 Å². The first kappa shape index (κ1) is 28.9. The fourth-order valence-corrected chi connectivity index (χ4v) is 4.91. The zero-order chi connectivity index (χ0) is 28.3. The van der Waals surface area contributed by atoms with Crippen molar-refractivity contribution < 1.29 is 9.90 Å². The van der Waals surface area contributed by atoms with Gasteiger partial charge in [-0.15, -0.1) is 0 Å². The van der Waals surface area contributed by atoms with Gasteiger partial charge in [0.25, 0.3) is 0 Å². The van der Waals surface area contributed by atoms with E-state index in [2.05, 4.69) is 50.2 Å². The van der Waals surface area contributed by atoms with Crippen LogP contribution in [0.15, 0.2) is 54.9 Å². The number of pyridine rings is 1. The minimum Gasteiger partial charge on any atom is -0.395 e. The van der Waals surface area contributed by atoms with E-state index >= 15 is 0 Å². The summed E-state index contributed by atoms with van der Waals surface area (Å²) in [6.45, 7) is 6.58. The Labute approximate surface area is 235 Å². The summed E-state index contributed by atoms with van der Waals surface area (Å²) in [6.07, 6.45) is 4.96. The Balaban J connectivity index is 1.41. The van der Waals surface area contributed by atoms with Crippen molar-refractivity contribution in [3.05, 3.63) is 60.4 Å². The Morgan fingerprint density at radius 3 is 2.83 bits per heavy atom. The molecular weight excluding hydrogens is 506 g/mol. The number of nitrogens with two attached hydrogens (primary N) is 1. The summed E-state index contributed by atoms with van der Waals surface area (Å²) in [5, 5.41) is 22.2. The largest absolute Gasteiger partial charge is 0.395 e. The topological polar surface area (TPSA) is 148 Å². The fraction of sp³-hybridized carbons (Fsp3) is 0.414. The third-order valence-corrected chi connectivity index (χ3v) is 6.86. The number of rotatable bonds is 13. The van der Waals surface area contributed by atoms with Crippen LogP contribution in [-0.4, -0.2) is 87.7 Å². The number of nitrogens with one attached hydrogen (secondary N) is 1. The second kappa shape index (κ2) is 14.3. The third kappa shape index (κ3) is 7.95. The van der Waals surface area contributed by atoms with Crippen molar-refractivity contribution in [2.45, 2.75) is 32.4 Å². The quantitative estimate of drug-likeness (QED) is 0.293. The predicted molar refractivity (Wildman–Crippen MR) is 155 cm³/mol. The van der Waals surface area contributed by atoms with E-state index in [1.54, 1.807) is 12.4 Å². The third-order valence-electron chi connectivity index (χ3n) is 6.86. The van der Waals surface area contributed by atoms with Crippen molar-refractivity contribution in [2.75, 3.05) is 56.1 Å². The van der Waals surface area contributed by atoms with Gasteiger partial charge in [0.1, 0.15) is 5.82 Å². The first-order valence-electron chi connectivity index (χ1n) is 13.6. The number of nitriles is 1. The fourth-order valence-electron chi connectivity index (χ4n) is 4.91. The number of hydrogen-bond acceptors (Lipinski definition) is 10. The van der Waals surface area contributed by atoms with Gasteiger partial charge in [-0.25, -0.2) is 15.0 Å². The molecule has 0 aliphatic carbocycles. The highest BCUT2D eigenvalue weighted by Gasteiger charge is 2.27. The van der Waals surface area contributed by atoms with Crippen molar-refractivity contribution in [3.63, 3.8) is 0 Å². The summed E-state index contributed by atoms with van der Waals surface area (Å²) in [6, 6.07) is 16.0. The van der Waals surface area contributed by atoms with Gasteiger partial charge in [0.05, 0.1) is 31.3 Å². The molecule has 210 valence electrons. The van der Waals surface area contributed by atoms with E-state index < -0.39 is 0 Å². The van der Waals surface area contributed by atoms with Gasteiger partial charge in [-0.2, -0.15) is 5.26 Å². The zero-order valence-electron chi connectivity index (χ0n) is 22.9. The molecule has 11 nitrogen and oxygen atoms in total. The molecule has 1 fully saturated rings. The Bertz CT molecular complexity index is 1300. The van der Waals surface area contributed by atoms with Gasteiger partial charge in [-0.1, -0.05) is 19.1 Å². The molecule has 1 amide bonds. The summed E-state index contributed by atoms with van der Waals surface area (Å²) in [7, 11) is 0. The second-order valence-corrected chi connectivity index (χ2v) is 9.90. The molecule has 1 aliphatic rings. The lowest BCUT2D eigenvalue weighted by Crippen LogP contribution is -2.55. The number of primary amides is 1. The number of aliphatic hydroxyl groups is 1. The SMILES string of the molecule is CCCN(CCC#N)c1ccc(-c2ccnc(Nc3cccc(CN4CCN(CC(N)=O)CC4CO)c3)n2)cn1.